The minimum Gasteiger partial charge on any atom is -0.462 e. The zero-order chi connectivity index (χ0) is 75.5. The van der Waals surface area contributed by atoms with Crippen LogP contribution in [-0.2, 0) is 65.4 Å². The highest BCUT2D eigenvalue weighted by atomic mass is 31.2. The van der Waals surface area contributed by atoms with Crippen molar-refractivity contribution in [3.63, 3.8) is 0 Å². The Hall–Kier alpha value is -1.94. The number of rotatable bonds is 84. The van der Waals surface area contributed by atoms with Crippen molar-refractivity contribution in [2.45, 2.75) is 470 Å². The molecule has 2 unspecified atom stereocenters. The number of aliphatic hydroxyl groups is 1. The summed E-state index contributed by atoms with van der Waals surface area (Å²) in [6.07, 6.45) is 70.0. The fraction of sp³-hybridized carbons (Fsp3) is 0.952. The third kappa shape index (κ3) is 78.0. The fourth-order valence-corrected chi connectivity index (χ4v) is 14.7. The molecule has 0 heterocycles. The molecule has 0 aliphatic carbocycles. The summed E-state index contributed by atoms with van der Waals surface area (Å²) in [7, 11) is -9.91. The lowest BCUT2D eigenvalue weighted by Crippen LogP contribution is -2.30. The molecular weight excluding hydrogens is 1340 g/mol. The van der Waals surface area contributed by atoms with Crippen LogP contribution in [0, 0.1) is 5.92 Å². The summed E-state index contributed by atoms with van der Waals surface area (Å²) in [6, 6.07) is 0. The molecule has 0 saturated carbocycles. The van der Waals surface area contributed by atoms with Gasteiger partial charge in [0.05, 0.1) is 26.4 Å². The molecule has 17 nitrogen and oxygen atoms in total. The Balaban J connectivity index is 5.13. The van der Waals surface area contributed by atoms with Gasteiger partial charge in [-0.05, 0) is 31.6 Å². The van der Waals surface area contributed by atoms with Gasteiger partial charge in [-0.2, -0.15) is 0 Å². The van der Waals surface area contributed by atoms with E-state index in [0.29, 0.717) is 25.7 Å². The molecule has 19 heteroatoms. The summed E-state index contributed by atoms with van der Waals surface area (Å²) < 4.78 is 68.6. The van der Waals surface area contributed by atoms with E-state index >= 15 is 0 Å². The monoisotopic (exact) mass is 1510 g/mol. The van der Waals surface area contributed by atoms with E-state index in [4.69, 9.17) is 37.0 Å². The highest BCUT2D eigenvalue weighted by Gasteiger charge is 2.30. The lowest BCUT2D eigenvalue weighted by Gasteiger charge is -2.21. The van der Waals surface area contributed by atoms with Crippen LogP contribution in [0.25, 0.3) is 0 Å². The normalized spacial score (nSPS) is 13.8. The summed E-state index contributed by atoms with van der Waals surface area (Å²) in [5.41, 5.74) is 0. The summed E-state index contributed by atoms with van der Waals surface area (Å²) in [5.74, 6) is -1.38. The van der Waals surface area contributed by atoms with Crippen molar-refractivity contribution in [1.82, 2.24) is 0 Å². The molecule has 0 amide bonds. The molecule has 0 radical (unpaired) electrons. The predicted molar refractivity (Wildman–Crippen MR) is 423 cm³/mol. The van der Waals surface area contributed by atoms with E-state index in [1.165, 1.54) is 263 Å². The van der Waals surface area contributed by atoms with Gasteiger partial charge in [0.25, 0.3) is 0 Å². The van der Waals surface area contributed by atoms with Gasteiger partial charge in [-0.15, -0.1) is 0 Å². The van der Waals surface area contributed by atoms with Crippen LogP contribution >= 0.6 is 15.6 Å². The van der Waals surface area contributed by atoms with Crippen LogP contribution in [0.5, 0.6) is 0 Å². The molecule has 0 spiro atoms. The number of carbonyl (C=O) groups excluding carboxylic acids is 4. The number of hydrogen-bond acceptors (Lipinski definition) is 15. The van der Waals surface area contributed by atoms with Gasteiger partial charge in [-0.25, -0.2) is 9.13 Å². The van der Waals surface area contributed by atoms with Crippen LogP contribution in [-0.4, -0.2) is 96.7 Å². The first-order chi connectivity index (χ1) is 50.0. The van der Waals surface area contributed by atoms with E-state index in [-0.39, 0.29) is 25.7 Å². The summed E-state index contributed by atoms with van der Waals surface area (Å²) in [4.78, 5) is 72.9. The molecule has 0 aromatic carbocycles. The standard InChI is InChI=1S/C84H164O17P2/c1-6-9-12-15-18-20-22-24-26-28-30-32-34-36-38-40-42-44-48-53-58-63-68-82(87)95-74-80(101-83(88)69-64-59-54-49-45-43-41-39-37-35-33-31-29-27-25-23-21-19-16-13-10-7-2)76-99-103(92,93)97-72-78(85)71-96-102(90,91)98-75-79(73-94-81(86)67-62-57-51-17-14-11-8-3)100-84(89)70-65-60-55-50-46-47-52-56-61-66-77(4)5/h77-80,85H,6-76H2,1-5H3,(H,90,91)(H,92,93)/t78-,79+,80+/m0/s1. The number of ether oxygens (including phenoxy) is 4. The van der Waals surface area contributed by atoms with Crippen LogP contribution in [0.3, 0.4) is 0 Å². The molecule has 5 atom stereocenters. The topological polar surface area (TPSA) is 237 Å². The number of esters is 4. The molecular formula is C84H164O17P2. The Morgan fingerprint density at radius 1 is 0.262 bits per heavy atom. The van der Waals surface area contributed by atoms with Crippen LogP contribution in [0.4, 0.5) is 0 Å². The van der Waals surface area contributed by atoms with Crippen LogP contribution in [0.1, 0.15) is 452 Å². The van der Waals surface area contributed by atoms with E-state index in [1.807, 2.05) is 0 Å². The van der Waals surface area contributed by atoms with Gasteiger partial charge in [-0.1, -0.05) is 401 Å². The molecule has 0 aliphatic rings. The first-order valence-corrected chi connectivity index (χ1v) is 46.6. The maximum atomic E-state index is 13.1. The fourth-order valence-electron chi connectivity index (χ4n) is 13.1. The van der Waals surface area contributed by atoms with Gasteiger partial charge in [0.15, 0.2) is 12.2 Å². The van der Waals surface area contributed by atoms with Crippen LogP contribution in [0.2, 0.25) is 0 Å². The maximum Gasteiger partial charge on any atom is 0.472 e. The molecule has 0 saturated heterocycles. The Morgan fingerprint density at radius 3 is 0.660 bits per heavy atom. The molecule has 0 bridgehead atoms. The number of carbonyl (C=O) groups is 4. The predicted octanol–water partition coefficient (Wildman–Crippen LogP) is 25.6. The van der Waals surface area contributed by atoms with Crippen molar-refractivity contribution in [3.8, 4) is 0 Å². The molecule has 612 valence electrons. The average molecular weight is 1510 g/mol. The first-order valence-electron chi connectivity index (χ1n) is 43.6. The van der Waals surface area contributed by atoms with Crippen molar-refractivity contribution < 1.29 is 80.2 Å². The number of aliphatic hydroxyl groups excluding tert-OH is 1. The maximum absolute atomic E-state index is 13.1. The minimum absolute atomic E-state index is 0.105. The van der Waals surface area contributed by atoms with Gasteiger partial charge >= 0.3 is 39.5 Å². The van der Waals surface area contributed by atoms with E-state index < -0.39 is 97.5 Å². The van der Waals surface area contributed by atoms with E-state index in [2.05, 4.69) is 34.6 Å². The Bertz CT molecular complexity index is 1960. The van der Waals surface area contributed by atoms with Gasteiger partial charge < -0.3 is 33.8 Å². The van der Waals surface area contributed by atoms with Crippen molar-refractivity contribution in [1.29, 1.82) is 0 Å². The molecule has 3 N–H and O–H groups in total. The van der Waals surface area contributed by atoms with E-state index in [0.717, 1.165) is 109 Å². The second-order valence-corrected chi connectivity index (χ2v) is 33.6. The zero-order valence-electron chi connectivity index (χ0n) is 67.5. The van der Waals surface area contributed by atoms with Crippen LogP contribution in [0.15, 0.2) is 0 Å². The minimum atomic E-state index is -4.96. The lowest BCUT2D eigenvalue weighted by atomic mass is 10.0. The molecule has 0 fully saturated rings. The Kier molecular flexibility index (Phi) is 75.4. The molecule has 0 aromatic rings. The first kappa shape index (κ1) is 101. The number of hydrogen-bond donors (Lipinski definition) is 3. The average Bonchev–Trinajstić information content (AvgIpc) is 0.945. The number of unbranched alkanes of at least 4 members (excludes halogenated alkanes) is 56. The quantitative estimate of drug-likeness (QED) is 0.0222. The third-order valence-corrected chi connectivity index (χ3v) is 21.7. The molecule has 103 heavy (non-hydrogen) atoms. The second kappa shape index (κ2) is 76.8. The third-order valence-electron chi connectivity index (χ3n) is 19.8. The summed E-state index contributed by atoms with van der Waals surface area (Å²) in [6.45, 7) is 7.26. The SMILES string of the molecule is CCCCCCCCCCCCCCCCCCCCCCCCC(=O)OC[C@H](COP(=O)(O)OC[C@@H](O)COP(=O)(O)OC[C@@H](COC(=O)CCCCCCCCC)OC(=O)CCCCCCCCCCCC(C)C)OC(=O)CCCCCCCCCCCCCCCCCCCCCCCC. The molecule has 0 aliphatic heterocycles. The van der Waals surface area contributed by atoms with E-state index in [9.17, 15) is 43.2 Å². The van der Waals surface area contributed by atoms with Crippen molar-refractivity contribution in [2.75, 3.05) is 39.6 Å². The van der Waals surface area contributed by atoms with Crippen molar-refractivity contribution in [3.05, 3.63) is 0 Å². The molecule has 0 rings (SSSR count). The number of phosphoric ester groups is 2. The second-order valence-electron chi connectivity index (χ2n) is 30.7. The van der Waals surface area contributed by atoms with Gasteiger partial charge in [0.2, 0.25) is 0 Å². The Morgan fingerprint density at radius 2 is 0.447 bits per heavy atom. The summed E-state index contributed by atoms with van der Waals surface area (Å²) >= 11 is 0. The van der Waals surface area contributed by atoms with Crippen LogP contribution < -0.4 is 0 Å². The highest BCUT2D eigenvalue weighted by molar-refractivity contribution is 7.47. The Labute approximate surface area is 632 Å². The van der Waals surface area contributed by atoms with E-state index in [1.54, 1.807) is 0 Å². The van der Waals surface area contributed by atoms with Gasteiger partial charge in [-0.3, -0.25) is 37.3 Å². The summed E-state index contributed by atoms with van der Waals surface area (Å²) in [5, 5.41) is 10.6. The smallest absolute Gasteiger partial charge is 0.462 e. The van der Waals surface area contributed by atoms with Gasteiger partial charge in [0, 0.05) is 25.7 Å². The van der Waals surface area contributed by atoms with Crippen molar-refractivity contribution in [2.24, 2.45) is 5.92 Å². The lowest BCUT2D eigenvalue weighted by molar-refractivity contribution is -0.161. The zero-order valence-corrected chi connectivity index (χ0v) is 69.3. The molecule has 0 aromatic heterocycles. The number of phosphoric acid groups is 2. The highest BCUT2D eigenvalue weighted by Crippen LogP contribution is 2.45. The van der Waals surface area contributed by atoms with Crippen molar-refractivity contribution >= 4 is 39.5 Å². The largest absolute Gasteiger partial charge is 0.472 e. The van der Waals surface area contributed by atoms with Gasteiger partial charge in [0.1, 0.15) is 19.3 Å².